The second-order valence-electron chi connectivity index (χ2n) is 5.35. The van der Waals surface area contributed by atoms with Crippen LogP contribution >= 0.6 is 0 Å². The van der Waals surface area contributed by atoms with Crippen LogP contribution in [0.1, 0.15) is 45.9 Å². The van der Waals surface area contributed by atoms with Crippen molar-refractivity contribution >= 4 is 15.8 Å². The molecule has 1 rings (SSSR count). The predicted octanol–water partition coefficient (Wildman–Crippen LogP) is 1.88. The van der Waals surface area contributed by atoms with E-state index in [4.69, 9.17) is 5.11 Å². The molecule has 0 aromatic carbocycles. The molecule has 0 saturated heterocycles. The number of carboxylic acids is 1. The summed E-state index contributed by atoms with van der Waals surface area (Å²) < 4.78 is 26.1. The van der Waals surface area contributed by atoms with Crippen molar-refractivity contribution in [3.63, 3.8) is 0 Å². The van der Waals surface area contributed by atoms with Crippen molar-refractivity contribution in [2.45, 2.75) is 51.2 Å². The molecule has 2 unspecified atom stereocenters. The average molecular weight is 302 g/mol. The number of carboxylic acid groups (broad SMARTS) is 1. The molecule has 0 amide bonds. The van der Waals surface area contributed by atoms with Crippen LogP contribution < -0.4 is 0 Å². The summed E-state index contributed by atoms with van der Waals surface area (Å²) >= 11 is 0. The van der Waals surface area contributed by atoms with E-state index < -0.39 is 27.0 Å². The van der Waals surface area contributed by atoms with E-state index in [0.29, 0.717) is 5.69 Å². The fraction of sp³-hybridized carbons (Fsp3) is 0.692. The van der Waals surface area contributed by atoms with Crippen LogP contribution in [0.25, 0.3) is 0 Å². The van der Waals surface area contributed by atoms with E-state index in [-0.39, 0.29) is 11.8 Å². The highest BCUT2D eigenvalue weighted by molar-refractivity contribution is 7.92. The van der Waals surface area contributed by atoms with Gasteiger partial charge in [0, 0.05) is 12.2 Å². The second-order valence-corrected chi connectivity index (χ2v) is 7.48. The quantitative estimate of drug-likeness (QED) is 0.830. The van der Waals surface area contributed by atoms with E-state index >= 15 is 0 Å². The first kappa shape index (κ1) is 16.7. The van der Waals surface area contributed by atoms with Crippen molar-refractivity contribution in [2.24, 2.45) is 5.92 Å². The van der Waals surface area contributed by atoms with Gasteiger partial charge in [0.25, 0.3) is 0 Å². The molecule has 0 radical (unpaired) electrons. The highest BCUT2D eigenvalue weighted by Crippen LogP contribution is 2.18. The third-order valence-corrected chi connectivity index (χ3v) is 5.51. The molecule has 0 spiro atoms. The summed E-state index contributed by atoms with van der Waals surface area (Å²) in [6, 6.07) is 1.81. The average Bonchev–Trinajstić information content (AvgIpc) is 2.73. The highest BCUT2D eigenvalue weighted by atomic mass is 32.2. The molecule has 0 bridgehead atoms. The summed E-state index contributed by atoms with van der Waals surface area (Å²) in [5.41, 5.74) is 0.386. The Labute approximate surface area is 119 Å². The van der Waals surface area contributed by atoms with E-state index in [1.807, 2.05) is 13.8 Å². The Morgan fingerprint density at radius 1 is 1.40 bits per heavy atom. The molecular weight excluding hydrogens is 280 g/mol. The first-order valence-corrected chi connectivity index (χ1v) is 8.39. The van der Waals surface area contributed by atoms with Gasteiger partial charge in [-0.15, -0.1) is 0 Å². The Bertz CT molecular complexity index is 563. The Morgan fingerprint density at radius 3 is 2.45 bits per heavy atom. The minimum atomic E-state index is -3.77. The lowest BCUT2D eigenvalue weighted by Crippen LogP contribution is -2.35. The van der Waals surface area contributed by atoms with Crippen LogP contribution in [0.3, 0.4) is 0 Å². The second kappa shape index (κ2) is 6.39. The number of sulfone groups is 1. The number of rotatable bonds is 7. The molecule has 1 N–H and O–H groups in total. The zero-order valence-corrected chi connectivity index (χ0v) is 13.1. The number of aliphatic carboxylic acids is 1. The van der Waals surface area contributed by atoms with E-state index in [0.717, 1.165) is 6.42 Å². The van der Waals surface area contributed by atoms with E-state index in [1.165, 1.54) is 0 Å². The minimum absolute atomic E-state index is 0.187. The summed E-state index contributed by atoms with van der Waals surface area (Å²) in [7, 11) is -3.77. The normalized spacial score (nSPS) is 15.2. The number of hydrogen-bond donors (Lipinski definition) is 1. The Morgan fingerprint density at radius 2 is 2.00 bits per heavy atom. The summed E-state index contributed by atoms with van der Waals surface area (Å²) in [4.78, 5) is 11.1. The Hall–Kier alpha value is -1.37. The molecule has 114 valence electrons. The van der Waals surface area contributed by atoms with E-state index in [1.54, 1.807) is 30.8 Å². The van der Waals surface area contributed by atoms with Crippen LogP contribution in [0.5, 0.6) is 0 Å². The van der Waals surface area contributed by atoms with Crippen LogP contribution in [-0.2, 0) is 20.4 Å². The molecule has 1 aromatic heterocycles. The van der Waals surface area contributed by atoms with E-state index in [9.17, 15) is 13.2 Å². The molecule has 20 heavy (non-hydrogen) atoms. The molecule has 0 saturated carbocycles. The van der Waals surface area contributed by atoms with Crippen LogP contribution in [0.2, 0.25) is 0 Å². The molecular formula is C13H22N2O4S. The lowest BCUT2D eigenvalue weighted by molar-refractivity contribution is -0.137. The third kappa shape index (κ3) is 3.82. The molecule has 1 aromatic rings. The fourth-order valence-corrected chi connectivity index (χ4v) is 3.92. The smallest absolute Gasteiger partial charge is 0.322 e. The number of hydrogen-bond acceptors (Lipinski definition) is 4. The number of carbonyl (C=O) groups is 1. The fourth-order valence-electron chi connectivity index (χ4n) is 2.04. The Kier molecular flexibility index (Phi) is 5.33. The monoisotopic (exact) mass is 302 g/mol. The van der Waals surface area contributed by atoms with Crippen LogP contribution in [0.15, 0.2) is 12.3 Å². The van der Waals surface area contributed by atoms with Gasteiger partial charge < -0.3 is 5.11 Å². The largest absolute Gasteiger partial charge is 0.480 e. The van der Waals surface area contributed by atoms with Crippen molar-refractivity contribution in [2.75, 3.05) is 0 Å². The first-order chi connectivity index (χ1) is 9.19. The molecule has 0 fully saturated rings. The van der Waals surface area contributed by atoms with Crippen molar-refractivity contribution in [3.8, 4) is 0 Å². The number of aromatic nitrogens is 2. The van der Waals surface area contributed by atoms with Gasteiger partial charge in [-0.05, 0) is 25.3 Å². The molecule has 0 aliphatic heterocycles. The van der Waals surface area contributed by atoms with Gasteiger partial charge in [-0.3, -0.25) is 9.48 Å². The maximum atomic E-state index is 12.2. The lowest BCUT2D eigenvalue weighted by atomic mass is 10.1. The lowest BCUT2D eigenvalue weighted by Gasteiger charge is -2.16. The molecule has 0 aliphatic carbocycles. The van der Waals surface area contributed by atoms with Crippen LogP contribution in [0, 0.1) is 5.92 Å². The van der Waals surface area contributed by atoms with Gasteiger partial charge in [0.1, 0.15) is 0 Å². The zero-order valence-electron chi connectivity index (χ0n) is 12.3. The van der Waals surface area contributed by atoms with Gasteiger partial charge in [-0.1, -0.05) is 20.8 Å². The van der Waals surface area contributed by atoms with Gasteiger partial charge in [0.2, 0.25) is 0 Å². The molecule has 7 heteroatoms. The summed E-state index contributed by atoms with van der Waals surface area (Å²) in [6.45, 7) is 7.18. The first-order valence-electron chi connectivity index (χ1n) is 6.67. The van der Waals surface area contributed by atoms with Gasteiger partial charge in [-0.25, -0.2) is 8.42 Å². The van der Waals surface area contributed by atoms with Crippen molar-refractivity contribution in [3.05, 3.63) is 18.0 Å². The standard InChI is InChI=1S/C13H22N2O4S/c1-5-10(4)15-7-6-11(14-15)8-20(18,19)12(9(2)3)13(16)17/h6-7,9-10,12H,5,8H2,1-4H3,(H,16,17). The van der Waals surface area contributed by atoms with Gasteiger partial charge in [-0.2, -0.15) is 5.10 Å². The van der Waals surface area contributed by atoms with Crippen LogP contribution in [-0.4, -0.2) is 34.5 Å². The molecule has 2 atom stereocenters. The maximum absolute atomic E-state index is 12.2. The molecule has 6 nitrogen and oxygen atoms in total. The third-order valence-electron chi connectivity index (χ3n) is 3.29. The minimum Gasteiger partial charge on any atom is -0.480 e. The van der Waals surface area contributed by atoms with Crippen LogP contribution in [0.4, 0.5) is 0 Å². The van der Waals surface area contributed by atoms with Gasteiger partial charge in [0.05, 0.1) is 11.4 Å². The predicted molar refractivity (Wildman–Crippen MR) is 76.1 cm³/mol. The topological polar surface area (TPSA) is 89.3 Å². The van der Waals surface area contributed by atoms with Crippen molar-refractivity contribution in [1.29, 1.82) is 0 Å². The SMILES string of the molecule is CCC(C)n1ccc(CS(=O)(=O)C(C(=O)O)C(C)C)n1. The maximum Gasteiger partial charge on any atom is 0.322 e. The summed E-state index contributed by atoms with van der Waals surface area (Å²) in [5, 5.41) is 11.9. The van der Waals surface area contributed by atoms with E-state index in [2.05, 4.69) is 5.10 Å². The molecule has 1 heterocycles. The van der Waals surface area contributed by atoms with Gasteiger partial charge in [0.15, 0.2) is 15.1 Å². The zero-order chi connectivity index (χ0) is 15.5. The van der Waals surface area contributed by atoms with Crippen molar-refractivity contribution < 1.29 is 18.3 Å². The highest BCUT2D eigenvalue weighted by Gasteiger charge is 2.35. The summed E-state index contributed by atoms with van der Waals surface area (Å²) in [5.74, 6) is -2.12. The summed E-state index contributed by atoms with van der Waals surface area (Å²) in [6.07, 6.45) is 2.61. The molecule has 0 aliphatic rings. The number of nitrogens with zero attached hydrogens (tertiary/aromatic N) is 2. The Balaban J connectivity index is 2.96. The van der Waals surface area contributed by atoms with Gasteiger partial charge >= 0.3 is 5.97 Å². The van der Waals surface area contributed by atoms with Crippen molar-refractivity contribution in [1.82, 2.24) is 9.78 Å².